The Balaban J connectivity index is 1.54. The molecular formula is C21H20FN3O3. The standard InChI is InChI=1S/C21H20FN3O3/c1-14(15-6-3-2-4-7-15)25-20(27)18-13-23(10-11-24(18)21(25)28)19(26)16-8-5-9-17(22)12-16/h2-9,12,14,18H,10-11,13H2,1H3. The molecule has 0 aliphatic carbocycles. The highest BCUT2D eigenvalue weighted by Gasteiger charge is 2.50. The lowest BCUT2D eigenvalue weighted by Gasteiger charge is -2.35. The number of rotatable bonds is 3. The summed E-state index contributed by atoms with van der Waals surface area (Å²) in [5, 5.41) is 0. The topological polar surface area (TPSA) is 60.9 Å². The Kier molecular flexibility index (Phi) is 4.58. The first-order chi connectivity index (χ1) is 13.5. The van der Waals surface area contributed by atoms with Crippen molar-refractivity contribution >= 4 is 17.8 Å². The number of amides is 4. The molecule has 0 saturated carbocycles. The van der Waals surface area contributed by atoms with Crippen molar-refractivity contribution in [3.05, 3.63) is 71.5 Å². The van der Waals surface area contributed by atoms with Crippen LogP contribution in [0.3, 0.4) is 0 Å². The molecule has 144 valence electrons. The summed E-state index contributed by atoms with van der Waals surface area (Å²) in [4.78, 5) is 42.8. The molecule has 0 N–H and O–H groups in total. The van der Waals surface area contributed by atoms with Gasteiger partial charge < -0.3 is 9.80 Å². The smallest absolute Gasteiger partial charge is 0.328 e. The van der Waals surface area contributed by atoms with Crippen molar-refractivity contribution in [3.63, 3.8) is 0 Å². The minimum atomic E-state index is -0.704. The molecule has 2 aliphatic rings. The van der Waals surface area contributed by atoms with Gasteiger partial charge in [0.15, 0.2) is 0 Å². The van der Waals surface area contributed by atoms with E-state index in [4.69, 9.17) is 0 Å². The second-order valence-corrected chi connectivity index (χ2v) is 7.05. The zero-order valence-electron chi connectivity index (χ0n) is 15.4. The highest BCUT2D eigenvalue weighted by Crippen LogP contribution is 2.30. The minimum absolute atomic E-state index is 0.109. The zero-order chi connectivity index (χ0) is 19.8. The minimum Gasteiger partial charge on any atom is -0.334 e. The molecule has 6 nitrogen and oxygen atoms in total. The summed E-state index contributed by atoms with van der Waals surface area (Å²) >= 11 is 0. The molecule has 0 bridgehead atoms. The number of hydrogen-bond acceptors (Lipinski definition) is 3. The van der Waals surface area contributed by atoms with E-state index < -0.39 is 11.9 Å². The summed E-state index contributed by atoms with van der Waals surface area (Å²) in [5.41, 5.74) is 1.11. The third kappa shape index (κ3) is 3.02. The maximum absolute atomic E-state index is 13.4. The highest BCUT2D eigenvalue weighted by atomic mass is 19.1. The normalized spacial score (nSPS) is 20.4. The van der Waals surface area contributed by atoms with E-state index in [-0.39, 0.29) is 42.5 Å². The number of nitrogens with zero attached hydrogens (tertiary/aromatic N) is 3. The van der Waals surface area contributed by atoms with Crippen LogP contribution in [0.2, 0.25) is 0 Å². The Morgan fingerprint density at radius 2 is 1.82 bits per heavy atom. The lowest BCUT2D eigenvalue weighted by Crippen LogP contribution is -2.54. The predicted molar refractivity (Wildman–Crippen MR) is 99.9 cm³/mol. The number of piperazine rings is 1. The molecule has 4 amide bonds. The van der Waals surface area contributed by atoms with Crippen molar-refractivity contribution in [2.45, 2.75) is 19.0 Å². The molecule has 7 heteroatoms. The molecule has 2 aromatic carbocycles. The quantitative estimate of drug-likeness (QED) is 0.768. The Bertz CT molecular complexity index is 934. The molecule has 2 fully saturated rings. The first kappa shape index (κ1) is 18.2. The van der Waals surface area contributed by atoms with Crippen molar-refractivity contribution in [2.75, 3.05) is 19.6 Å². The van der Waals surface area contributed by atoms with Crippen LogP contribution < -0.4 is 0 Å². The lowest BCUT2D eigenvalue weighted by atomic mass is 10.1. The number of urea groups is 1. The summed E-state index contributed by atoms with van der Waals surface area (Å²) in [6, 6.07) is 13.4. The summed E-state index contributed by atoms with van der Waals surface area (Å²) in [7, 11) is 0. The fourth-order valence-corrected chi connectivity index (χ4v) is 3.84. The summed E-state index contributed by atoms with van der Waals surface area (Å²) in [6.07, 6.45) is 0. The van der Waals surface area contributed by atoms with E-state index in [1.165, 1.54) is 32.9 Å². The van der Waals surface area contributed by atoms with Crippen molar-refractivity contribution < 1.29 is 18.8 Å². The van der Waals surface area contributed by atoms with Crippen LogP contribution in [-0.2, 0) is 4.79 Å². The van der Waals surface area contributed by atoms with Crippen molar-refractivity contribution in [1.82, 2.24) is 14.7 Å². The maximum atomic E-state index is 13.4. The average molecular weight is 381 g/mol. The molecule has 2 saturated heterocycles. The van der Waals surface area contributed by atoms with Crippen LogP contribution in [0.15, 0.2) is 54.6 Å². The molecule has 2 aromatic rings. The van der Waals surface area contributed by atoms with E-state index in [0.717, 1.165) is 5.56 Å². The van der Waals surface area contributed by atoms with Gasteiger partial charge in [0.2, 0.25) is 0 Å². The molecule has 0 spiro atoms. The highest BCUT2D eigenvalue weighted by molar-refractivity contribution is 6.05. The van der Waals surface area contributed by atoms with Crippen molar-refractivity contribution in [3.8, 4) is 0 Å². The Morgan fingerprint density at radius 1 is 1.07 bits per heavy atom. The van der Waals surface area contributed by atoms with Gasteiger partial charge in [0.1, 0.15) is 11.9 Å². The molecule has 0 aromatic heterocycles. The molecule has 0 radical (unpaired) electrons. The van der Waals surface area contributed by atoms with Gasteiger partial charge in [-0.05, 0) is 30.7 Å². The van der Waals surface area contributed by atoms with Gasteiger partial charge in [0.25, 0.3) is 11.8 Å². The van der Waals surface area contributed by atoms with Gasteiger partial charge in [-0.15, -0.1) is 0 Å². The fraction of sp³-hybridized carbons (Fsp3) is 0.286. The summed E-state index contributed by atoms with van der Waals surface area (Å²) in [5.74, 6) is -1.13. The maximum Gasteiger partial charge on any atom is 0.328 e. The second kappa shape index (κ2) is 7.07. The molecule has 2 aliphatic heterocycles. The number of carbonyl (C=O) groups excluding carboxylic acids is 3. The molecule has 4 rings (SSSR count). The number of fused-ring (bicyclic) bond motifs is 1. The zero-order valence-corrected chi connectivity index (χ0v) is 15.4. The molecule has 28 heavy (non-hydrogen) atoms. The van der Waals surface area contributed by atoms with Gasteiger partial charge >= 0.3 is 6.03 Å². The molecular weight excluding hydrogens is 361 g/mol. The number of benzene rings is 2. The van der Waals surface area contributed by atoms with Crippen LogP contribution in [0.1, 0.15) is 28.9 Å². The number of carbonyl (C=O) groups is 3. The summed E-state index contributed by atoms with van der Waals surface area (Å²) < 4.78 is 13.4. The van der Waals surface area contributed by atoms with E-state index in [2.05, 4.69) is 0 Å². The van der Waals surface area contributed by atoms with E-state index >= 15 is 0 Å². The Hall–Kier alpha value is -3.22. The second-order valence-electron chi connectivity index (χ2n) is 7.05. The average Bonchev–Trinajstić information content (AvgIpc) is 2.97. The van der Waals surface area contributed by atoms with Crippen LogP contribution in [-0.4, -0.2) is 58.2 Å². The number of hydrogen-bond donors (Lipinski definition) is 0. The molecule has 2 unspecified atom stereocenters. The van der Waals surface area contributed by atoms with Crippen LogP contribution in [0.4, 0.5) is 9.18 Å². The van der Waals surface area contributed by atoms with E-state index in [1.807, 2.05) is 37.3 Å². The van der Waals surface area contributed by atoms with Gasteiger partial charge in [-0.25, -0.2) is 9.18 Å². The van der Waals surface area contributed by atoms with Crippen LogP contribution in [0.5, 0.6) is 0 Å². The fourth-order valence-electron chi connectivity index (χ4n) is 3.84. The van der Waals surface area contributed by atoms with E-state index in [1.54, 1.807) is 6.07 Å². The van der Waals surface area contributed by atoms with Gasteiger partial charge in [0, 0.05) is 18.7 Å². The number of halogens is 1. The monoisotopic (exact) mass is 381 g/mol. The largest absolute Gasteiger partial charge is 0.334 e. The Labute approximate surface area is 162 Å². The van der Waals surface area contributed by atoms with Gasteiger partial charge in [-0.2, -0.15) is 0 Å². The van der Waals surface area contributed by atoms with Gasteiger partial charge in [-0.1, -0.05) is 36.4 Å². The first-order valence-corrected chi connectivity index (χ1v) is 9.21. The third-order valence-corrected chi connectivity index (χ3v) is 5.38. The summed E-state index contributed by atoms with van der Waals surface area (Å²) in [6.45, 7) is 2.50. The lowest BCUT2D eigenvalue weighted by molar-refractivity contribution is -0.130. The van der Waals surface area contributed by atoms with Gasteiger partial charge in [0.05, 0.1) is 12.6 Å². The van der Waals surface area contributed by atoms with E-state index in [0.29, 0.717) is 6.54 Å². The third-order valence-electron chi connectivity index (χ3n) is 5.38. The first-order valence-electron chi connectivity index (χ1n) is 9.21. The predicted octanol–water partition coefficient (Wildman–Crippen LogP) is 2.68. The molecule has 2 atom stereocenters. The Morgan fingerprint density at radius 3 is 2.54 bits per heavy atom. The van der Waals surface area contributed by atoms with Crippen LogP contribution >= 0.6 is 0 Å². The van der Waals surface area contributed by atoms with Crippen molar-refractivity contribution in [1.29, 1.82) is 0 Å². The van der Waals surface area contributed by atoms with Gasteiger partial charge in [-0.3, -0.25) is 14.5 Å². The number of imide groups is 1. The van der Waals surface area contributed by atoms with E-state index in [9.17, 15) is 18.8 Å². The van der Waals surface area contributed by atoms with Crippen LogP contribution in [0, 0.1) is 5.82 Å². The molecule has 2 heterocycles. The van der Waals surface area contributed by atoms with Crippen LogP contribution in [0.25, 0.3) is 0 Å². The SMILES string of the molecule is CC(c1ccccc1)N1C(=O)C2CN(C(=O)c3cccc(F)c3)CCN2C1=O. The van der Waals surface area contributed by atoms with Crippen molar-refractivity contribution in [2.24, 2.45) is 0 Å².